The largest absolute Gasteiger partial charge is 0.497 e. The molecule has 6 heteroatoms. The summed E-state index contributed by atoms with van der Waals surface area (Å²) in [4.78, 5) is 29.2. The Labute approximate surface area is 226 Å². The monoisotopic (exact) mass is 517 g/mol. The van der Waals surface area contributed by atoms with E-state index >= 15 is 0 Å². The number of hydrogen-bond donors (Lipinski definition) is 0. The topological polar surface area (TPSA) is 69.0 Å². The summed E-state index contributed by atoms with van der Waals surface area (Å²) >= 11 is 0. The summed E-state index contributed by atoms with van der Waals surface area (Å²) in [7, 11) is 1.63. The van der Waals surface area contributed by atoms with Crippen LogP contribution in [0.5, 0.6) is 11.5 Å². The van der Waals surface area contributed by atoms with Crippen molar-refractivity contribution in [2.45, 2.75) is 19.1 Å². The van der Waals surface area contributed by atoms with Gasteiger partial charge in [-0.2, -0.15) is 0 Å². The van der Waals surface area contributed by atoms with Crippen molar-refractivity contribution in [2.75, 3.05) is 13.7 Å². The highest BCUT2D eigenvalue weighted by atomic mass is 16.5. The van der Waals surface area contributed by atoms with Gasteiger partial charge in [-0.25, -0.2) is 0 Å². The molecule has 0 N–H and O–H groups in total. The van der Waals surface area contributed by atoms with Gasteiger partial charge in [0.1, 0.15) is 23.7 Å². The van der Waals surface area contributed by atoms with Crippen molar-refractivity contribution in [1.29, 1.82) is 0 Å². The number of fused-ring (bicyclic) bond motifs is 2. The van der Waals surface area contributed by atoms with Crippen LogP contribution in [0.25, 0.3) is 11.0 Å². The van der Waals surface area contributed by atoms with Gasteiger partial charge in [0, 0.05) is 6.54 Å². The lowest BCUT2D eigenvalue weighted by Crippen LogP contribution is -2.31. The summed E-state index contributed by atoms with van der Waals surface area (Å²) in [6, 6.07) is 31.8. The molecule has 194 valence electrons. The maximum absolute atomic E-state index is 13.8. The fraction of sp³-hybridized carbons (Fsp3) is 0.152. The fourth-order valence-corrected chi connectivity index (χ4v) is 5.10. The standard InChI is InChI=1S/C33H27NO5/c1-37-25-16-14-22(15-17-25)18-19-34-30(24-10-7-11-26(20-24)38-21-23-8-3-2-4-9-23)29-31(35)27-12-5-6-13-28(27)39-32(29)33(34)36/h2-17,20,30H,18-19,21H2,1H3. The van der Waals surface area contributed by atoms with Crippen molar-refractivity contribution in [3.8, 4) is 11.5 Å². The van der Waals surface area contributed by atoms with Gasteiger partial charge in [-0.3, -0.25) is 9.59 Å². The maximum atomic E-state index is 13.8. The quantitative estimate of drug-likeness (QED) is 0.246. The van der Waals surface area contributed by atoms with Crippen LogP contribution in [0.4, 0.5) is 0 Å². The van der Waals surface area contributed by atoms with Gasteiger partial charge in [-0.15, -0.1) is 0 Å². The Bertz CT molecular complexity index is 1690. The lowest BCUT2D eigenvalue weighted by molar-refractivity contribution is 0.0729. The van der Waals surface area contributed by atoms with E-state index < -0.39 is 6.04 Å². The van der Waals surface area contributed by atoms with E-state index in [2.05, 4.69) is 0 Å². The highest BCUT2D eigenvalue weighted by Crippen LogP contribution is 2.39. The van der Waals surface area contributed by atoms with Crippen LogP contribution in [-0.4, -0.2) is 24.5 Å². The van der Waals surface area contributed by atoms with Gasteiger partial charge in [0.15, 0.2) is 5.43 Å². The molecule has 6 nitrogen and oxygen atoms in total. The maximum Gasteiger partial charge on any atom is 0.290 e. The molecule has 0 bridgehead atoms. The third-order valence-electron chi connectivity index (χ3n) is 7.10. The average molecular weight is 518 g/mol. The predicted molar refractivity (Wildman–Crippen MR) is 149 cm³/mol. The number of amides is 1. The summed E-state index contributed by atoms with van der Waals surface area (Å²) < 4.78 is 17.4. The smallest absolute Gasteiger partial charge is 0.290 e. The number of carbonyl (C=O) groups is 1. The van der Waals surface area contributed by atoms with Gasteiger partial charge in [-0.05, 0) is 59.5 Å². The molecule has 1 aliphatic heterocycles. The molecule has 0 spiro atoms. The van der Waals surface area contributed by atoms with Crippen LogP contribution in [0.3, 0.4) is 0 Å². The first-order valence-corrected chi connectivity index (χ1v) is 12.9. The molecule has 4 aromatic carbocycles. The SMILES string of the molecule is COc1ccc(CCN2C(=O)c3oc4ccccc4c(=O)c3C2c2cccc(OCc3ccccc3)c2)cc1. The first-order chi connectivity index (χ1) is 19.1. The van der Waals surface area contributed by atoms with Crippen molar-refractivity contribution in [3.63, 3.8) is 0 Å². The van der Waals surface area contributed by atoms with Crippen LogP contribution < -0.4 is 14.9 Å². The van der Waals surface area contributed by atoms with E-state index in [0.717, 1.165) is 22.4 Å². The molecule has 1 aromatic heterocycles. The second kappa shape index (κ2) is 10.5. The minimum absolute atomic E-state index is 0.106. The van der Waals surface area contributed by atoms with E-state index in [1.165, 1.54) is 0 Å². The molecule has 0 radical (unpaired) electrons. The molecule has 39 heavy (non-hydrogen) atoms. The summed E-state index contributed by atoms with van der Waals surface area (Å²) in [5, 5.41) is 0.461. The van der Waals surface area contributed by atoms with Gasteiger partial charge in [0.25, 0.3) is 5.91 Å². The number of para-hydroxylation sites is 1. The summed E-state index contributed by atoms with van der Waals surface area (Å²) in [5.74, 6) is 1.25. The molecular weight excluding hydrogens is 490 g/mol. The Morgan fingerprint density at radius 1 is 0.795 bits per heavy atom. The fourth-order valence-electron chi connectivity index (χ4n) is 5.10. The average Bonchev–Trinajstić information content (AvgIpc) is 3.27. The second-order valence-corrected chi connectivity index (χ2v) is 9.52. The van der Waals surface area contributed by atoms with Crippen molar-refractivity contribution in [2.24, 2.45) is 0 Å². The van der Waals surface area contributed by atoms with Crippen LogP contribution in [0.1, 0.15) is 38.9 Å². The Morgan fingerprint density at radius 2 is 1.56 bits per heavy atom. The van der Waals surface area contributed by atoms with E-state index in [4.69, 9.17) is 13.9 Å². The highest BCUT2D eigenvalue weighted by molar-refractivity contribution is 5.99. The molecule has 6 rings (SSSR count). The summed E-state index contributed by atoms with van der Waals surface area (Å²) in [5.41, 5.74) is 3.50. The first kappa shape index (κ1) is 24.5. The van der Waals surface area contributed by atoms with Gasteiger partial charge in [-0.1, -0.05) is 66.7 Å². The second-order valence-electron chi connectivity index (χ2n) is 9.52. The number of methoxy groups -OCH3 is 1. The van der Waals surface area contributed by atoms with Crippen LogP contribution in [0, 0.1) is 0 Å². The highest BCUT2D eigenvalue weighted by Gasteiger charge is 2.42. The van der Waals surface area contributed by atoms with Gasteiger partial charge in [0.2, 0.25) is 5.76 Å². The van der Waals surface area contributed by atoms with Gasteiger partial charge >= 0.3 is 0 Å². The van der Waals surface area contributed by atoms with Crippen molar-refractivity contribution in [1.82, 2.24) is 4.90 Å². The number of nitrogens with zero attached hydrogens (tertiary/aromatic N) is 1. The van der Waals surface area contributed by atoms with Crippen LogP contribution in [-0.2, 0) is 13.0 Å². The number of ether oxygens (including phenoxy) is 2. The summed E-state index contributed by atoms with van der Waals surface area (Å²) in [6.45, 7) is 0.823. The number of hydrogen-bond acceptors (Lipinski definition) is 5. The third-order valence-corrected chi connectivity index (χ3v) is 7.10. The Morgan fingerprint density at radius 3 is 2.36 bits per heavy atom. The molecule has 5 aromatic rings. The van der Waals surface area contributed by atoms with E-state index in [1.807, 2.05) is 78.9 Å². The van der Waals surface area contributed by atoms with Gasteiger partial charge < -0.3 is 18.8 Å². The zero-order valence-corrected chi connectivity index (χ0v) is 21.5. The van der Waals surface area contributed by atoms with E-state index in [9.17, 15) is 9.59 Å². The normalized spacial score (nSPS) is 14.4. The zero-order valence-electron chi connectivity index (χ0n) is 21.5. The molecule has 0 aliphatic carbocycles. The van der Waals surface area contributed by atoms with Crippen LogP contribution in [0.2, 0.25) is 0 Å². The molecule has 2 heterocycles. The molecule has 1 unspecified atom stereocenters. The molecule has 0 saturated heterocycles. The number of benzene rings is 4. The number of carbonyl (C=O) groups excluding carboxylic acids is 1. The summed E-state index contributed by atoms with van der Waals surface area (Å²) in [6.07, 6.45) is 0.609. The lowest BCUT2D eigenvalue weighted by atomic mass is 9.98. The Hall–Kier alpha value is -4.84. The van der Waals surface area contributed by atoms with E-state index in [1.54, 1.807) is 36.3 Å². The molecule has 0 saturated carbocycles. The Kier molecular flexibility index (Phi) is 6.59. The van der Waals surface area contributed by atoms with E-state index in [-0.39, 0.29) is 17.1 Å². The molecule has 1 atom stereocenters. The van der Waals surface area contributed by atoms with E-state index in [0.29, 0.717) is 41.9 Å². The minimum atomic E-state index is -0.591. The molecule has 1 aliphatic rings. The molecule has 1 amide bonds. The van der Waals surface area contributed by atoms with Crippen molar-refractivity contribution < 1.29 is 18.7 Å². The zero-order chi connectivity index (χ0) is 26.8. The van der Waals surface area contributed by atoms with Crippen LogP contribution >= 0.6 is 0 Å². The number of rotatable bonds is 8. The van der Waals surface area contributed by atoms with Gasteiger partial charge in [0.05, 0.1) is 24.1 Å². The lowest BCUT2D eigenvalue weighted by Gasteiger charge is -2.25. The Balaban J connectivity index is 1.37. The minimum Gasteiger partial charge on any atom is -0.497 e. The van der Waals surface area contributed by atoms with Crippen molar-refractivity contribution in [3.05, 3.63) is 141 Å². The van der Waals surface area contributed by atoms with Crippen LogP contribution in [0.15, 0.2) is 112 Å². The van der Waals surface area contributed by atoms with Crippen molar-refractivity contribution >= 4 is 16.9 Å². The predicted octanol–water partition coefficient (Wildman–Crippen LogP) is 6.17. The first-order valence-electron chi connectivity index (χ1n) is 12.9. The molecule has 0 fully saturated rings. The molecular formula is C33H27NO5. The third kappa shape index (κ3) is 4.77.